The summed E-state index contributed by atoms with van der Waals surface area (Å²) in [6.07, 6.45) is 1.71. The van der Waals surface area contributed by atoms with Gasteiger partial charge < -0.3 is 15.0 Å². The minimum absolute atomic E-state index is 0. The first-order chi connectivity index (χ1) is 11.2. The van der Waals surface area contributed by atoms with Crippen molar-refractivity contribution in [3.63, 3.8) is 0 Å². The van der Waals surface area contributed by atoms with Crippen LogP contribution < -0.4 is 10.1 Å². The van der Waals surface area contributed by atoms with E-state index in [1.165, 1.54) is 0 Å². The predicted molar refractivity (Wildman–Crippen MR) is 99.7 cm³/mol. The van der Waals surface area contributed by atoms with E-state index < -0.39 is 0 Å². The van der Waals surface area contributed by atoms with Gasteiger partial charge in [0.2, 0.25) is 0 Å². The Hall–Kier alpha value is -2.79. The van der Waals surface area contributed by atoms with Gasteiger partial charge in [-0.1, -0.05) is 6.07 Å². The number of aromatic nitrogens is 3. The van der Waals surface area contributed by atoms with Crippen molar-refractivity contribution in [2.45, 2.75) is 6.92 Å². The second-order valence-electron chi connectivity index (χ2n) is 5.42. The summed E-state index contributed by atoms with van der Waals surface area (Å²) in [4.78, 5) is 12.2. The summed E-state index contributed by atoms with van der Waals surface area (Å²) < 4.78 is 5.29. The molecule has 2 N–H and O–H groups in total. The molecule has 2 aromatic carbocycles. The molecule has 2 heterocycles. The summed E-state index contributed by atoms with van der Waals surface area (Å²) in [5.41, 5.74) is 5.77. The van der Waals surface area contributed by atoms with Gasteiger partial charge in [-0.2, -0.15) is 0 Å². The Bertz CT molecular complexity index is 1010. The van der Waals surface area contributed by atoms with E-state index in [4.69, 9.17) is 4.74 Å². The molecule has 0 fully saturated rings. The highest BCUT2D eigenvalue weighted by molar-refractivity contribution is 6.10. The molecule has 0 amide bonds. The SMILES string of the molecule is COc1cccc(Nc2cc(C)nc3ccc4nc[nH]c4c23)c1.Cl. The third-order valence-corrected chi connectivity index (χ3v) is 3.84. The molecule has 2 aromatic heterocycles. The number of fused-ring (bicyclic) bond motifs is 3. The molecular formula is C18H17ClN4O. The Kier molecular flexibility index (Phi) is 4.27. The zero-order valence-electron chi connectivity index (χ0n) is 13.3. The molecule has 4 aromatic rings. The average Bonchev–Trinajstić information content (AvgIpc) is 3.03. The smallest absolute Gasteiger partial charge is 0.120 e. The second kappa shape index (κ2) is 6.37. The van der Waals surface area contributed by atoms with Gasteiger partial charge in [-0.15, -0.1) is 12.4 Å². The summed E-state index contributed by atoms with van der Waals surface area (Å²) in [5.74, 6) is 0.816. The summed E-state index contributed by atoms with van der Waals surface area (Å²) in [6.45, 7) is 1.99. The lowest BCUT2D eigenvalue weighted by molar-refractivity contribution is 0.415. The van der Waals surface area contributed by atoms with Gasteiger partial charge in [-0.3, -0.25) is 4.98 Å². The zero-order chi connectivity index (χ0) is 15.8. The Balaban J connectivity index is 0.00000169. The molecule has 0 radical (unpaired) electrons. The maximum atomic E-state index is 5.29. The normalized spacial score (nSPS) is 10.6. The van der Waals surface area contributed by atoms with Gasteiger partial charge in [0.15, 0.2) is 0 Å². The number of benzene rings is 2. The largest absolute Gasteiger partial charge is 0.497 e. The first-order valence-electron chi connectivity index (χ1n) is 7.39. The van der Waals surface area contributed by atoms with E-state index in [0.29, 0.717) is 0 Å². The number of anilines is 2. The van der Waals surface area contributed by atoms with Crippen LogP contribution in [0, 0.1) is 6.92 Å². The third kappa shape index (κ3) is 2.74. The van der Waals surface area contributed by atoms with E-state index in [1.54, 1.807) is 13.4 Å². The lowest BCUT2D eigenvalue weighted by atomic mass is 10.1. The Morgan fingerprint density at radius 1 is 1.08 bits per heavy atom. The van der Waals surface area contributed by atoms with Gasteiger partial charge in [0, 0.05) is 22.8 Å². The second-order valence-corrected chi connectivity index (χ2v) is 5.42. The maximum Gasteiger partial charge on any atom is 0.120 e. The van der Waals surface area contributed by atoms with E-state index in [2.05, 4.69) is 20.3 Å². The zero-order valence-corrected chi connectivity index (χ0v) is 14.1. The molecule has 0 spiro atoms. The quantitative estimate of drug-likeness (QED) is 0.572. The van der Waals surface area contributed by atoms with Gasteiger partial charge >= 0.3 is 0 Å². The van der Waals surface area contributed by atoms with Gasteiger partial charge in [0.25, 0.3) is 0 Å². The number of methoxy groups -OCH3 is 1. The highest BCUT2D eigenvalue weighted by atomic mass is 35.5. The van der Waals surface area contributed by atoms with Crippen LogP contribution in [-0.4, -0.2) is 22.1 Å². The summed E-state index contributed by atoms with van der Waals surface area (Å²) in [6, 6.07) is 13.9. The van der Waals surface area contributed by atoms with E-state index in [9.17, 15) is 0 Å². The van der Waals surface area contributed by atoms with Gasteiger partial charge in [0.1, 0.15) is 5.75 Å². The van der Waals surface area contributed by atoms with E-state index >= 15 is 0 Å². The first kappa shape index (κ1) is 16.1. The van der Waals surface area contributed by atoms with Crippen molar-refractivity contribution in [3.05, 3.63) is 54.5 Å². The standard InChI is InChI=1S/C18H16N4O.ClH/c1-11-8-16(22-12-4-3-5-13(9-12)23-2)17-14(21-11)6-7-15-18(17)20-10-19-15;/h3-10H,1-2H3,(H,19,20)(H,21,22);1H. The van der Waals surface area contributed by atoms with Gasteiger partial charge in [-0.05, 0) is 37.3 Å². The summed E-state index contributed by atoms with van der Waals surface area (Å²) >= 11 is 0. The molecule has 0 aliphatic heterocycles. The maximum absolute atomic E-state index is 5.29. The van der Waals surface area contributed by atoms with Crippen molar-refractivity contribution < 1.29 is 4.74 Å². The molecule has 6 heteroatoms. The fraction of sp³-hybridized carbons (Fsp3) is 0.111. The number of hydrogen-bond donors (Lipinski definition) is 2. The van der Waals surface area contributed by atoms with Crippen molar-refractivity contribution in [1.82, 2.24) is 15.0 Å². The fourth-order valence-electron chi connectivity index (χ4n) is 2.82. The van der Waals surface area contributed by atoms with Crippen molar-refractivity contribution in [2.24, 2.45) is 0 Å². The molecule has 0 aliphatic carbocycles. The minimum atomic E-state index is 0. The van der Waals surface area contributed by atoms with Crippen LogP contribution in [0.2, 0.25) is 0 Å². The molecule has 5 nitrogen and oxygen atoms in total. The molecule has 0 unspecified atom stereocenters. The molecule has 0 bridgehead atoms. The third-order valence-electron chi connectivity index (χ3n) is 3.84. The van der Waals surface area contributed by atoms with Crippen LogP contribution in [0.5, 0.6) is 5.75 Å². The molecule has 0 aliphatic rings. The average molecular weight is 341 g/mol. The summed E-state index contributed by atoms with van der Waals surface area (Å²) in [7, 11) is 1.67. The number of pyridine rings is 1. The number of aryl methyl sites for hydroxylation is 1. The van der Waals surface area contributed by atoms with Crippen molar-refractivity contribution in [3.8, 4) is 5.75 Å². The highest BCUT2D eigenvalue weighted by Crippen LogP contribution is 2.32. The van der Waals surface area contributed by atoms with E-state index in [0.717, 1.165) is 44.8 Å². The number of imidazole rings is 1. The molecular weight excluding hydrogens is 324 g/mol. The molecule has 0 saturated heterocycles. The van der Waals surface area contributed by atoms with Gasteiger partial charge in [-0.25, -0.2) is 4.98 Å². The Morgan fingerprint density at radius 2 is 1.92 bits per heavy atom. The van der Waals surface area contributed by atoms with E-state index in [-0.39, 0.29) is 12.4 Å². The lowest BCUT2D eigenvalue weighted by Crippen LogP contribution is -1.96. The number of hydrogen-bond acceptors (Lipinski definition) is 4. The molecule has 0 atom stereocenters. The Labute approximate surface area is 145 Å². The lowest BCUT2D eigenvalue weighted by Gasteiger charge is -2.12. The highest BCUT2D eigenvalue weighted by Gasteiger charge is 2.10. The van der Waals surface area contributed by atoms with Crippen LogP contribution in [0.15, 0.2) is 48.8 Å². The topological polar surface area (TPSA) is 62.8 Å². The molecule has 0 saturated carbocycles. The number of halogens is 1. The number of ether oxygens (including phenoxy) is 1. The monoisotopic (exact) mass is 340 g/mol. The van der Waals surface area contributed by atoms with Crippen LogP contribution in [0.4, 0.5) is 11.4 Å². The molecule has 122 valence electrons. The number of nitrogens with one attached hydrogen (secondary N) is 2. The first-order valence-corrected chi connectivity index (χ1v) is 7.39. The fourth-order valence-corrected chi connectivity index (χ4v) is 2.82. The van der Waals surface area contributed by atoms with Crippen LogP contribution in [-0.2, 0) is 0 Å². The van der Waals surface area contributed by atoms with Crippen LogP contribution in [0.3, 0.4) is 0 Å². The number of rotatable bonds is 3. The van der Waals surface area contributed by atoms with Crippen LogP contribution in [0.25, 0.3) is 21.9 Å². The molecule has 4 rings (SSSR count). The van der Waals surface area contributed by atoms with Crippen molar-refractivity contribution in [2.75, 3.05) is 12.4 Å². The Morgan fingerprint density at radius 3 is 2.75 bits per heavy atom. The van der Waals surface area contributed by atoms with Crippen molar-refractivity contribution in [1.29, 1.82) is 0 Å². The van der Waals surface area contributed by atoms with Crippen LogP contribution in [0.1, 0.15) is 5.69 Å². The summed E-state index contributed by atoms with van der Waals surface area (Å²) in [5, 5.41) is 4.51. The molecule has 24 heavy (non-hydrogen) atoms. The van der Waals surface area contributed by atoms with Gasteiger partial charge in [0.05, 0.1) is 35.7 Å². The number of nitrogens with zero attached hydrogens (tertiary/aromatic N) is 2. The number of H-pyrrole nitrogens is 1. The van der Waals surface area contributed by atoms with E-state index in [1.807, 2.05) is 49.4 Å². The minimum Gasteiger partial charge on any atom is -0.497 e. The number of aromatic amines is 1. The predicted octanol–water partition coefficient (Wildman–Crippen LogP) is 4.59. The van der Waals surface area contributed by atoms with Crippen molar-refractivity contribution >= 4 is 45.7 Å². The van der Waals surface area contributed by atoms with Crippen LogP contribution >= 0.6 is 12.4 Å².